The number of amides is 1. The SMILES string of the molecule is COC(=O)C(C)NC(=O)c1cc(=O)c(OC)co1. The molecule has 0 fully saturated rings. The zero-order valence-electron chi connectivity index (χ0n) is 10.2. The highest BCUT2D eigenvalue weighted by atomic mass is 16.5. The molecule has 7 nitrogen and oxygen atoms in total. The highest BCUT2D eigenvalue weighted by Gasteiger charge is 2.19. The van der Waals surface area contributed by atoms with Gasteiger partial charge in [-0.1, -0.05) is 0 Å². The Bertz CT molecular complexity index is 507. The molecule has 18 heavy (non-hydrogen) atoms. The van der Waals surface area contributed by atoms with Crippen LogP contribution in [-0.4, -0.2) is 32.1 Å². The largest absolute Gasteiger partial charge is 0.490 e. The molecule has 0 bridgehead atoms. The lowest BCUT2D eigenvalue weighted by Gasteiger charge is -2.10. The standard InChI is InChI=1S/C11H13NO6/c1-6(11(15)17-3)12-10(14)8-4-7(13)9(16-2)5-18-8/h4-6H,1-3H3,(H,12,14). The van der Waals surface area contributed by atoms with Crippen LogP contribution in [0, 0.1) is 0 Å². The Morgan fingerprint density at radius 3 is 2.56 bits per heavy atom. The lowest BCUT2D eigenvalue weighted by molar-refractivity contribution is -0.142. The Labute approximate surface area is 103 Å². The molecule has 98 valence electrons. The van der Waals surface area contributed by atoms with Gasteiger partial charge >= 0.3 is 5.97 Å². The number of hydrogen-bond donors (Lipinski definition) is 1. The zero-order valence-corrected chi connectivity index (χ0v) is 10.2. The number of nitrogens with one attached hydrogen (secondary N) is 1. The third-order valence-electron chi connectivity index (χ3n) is 2.14. The van der Waals surface area contributed by atoms with E-state index in [0.717, 1.165) is 12.3 Å². The van der Waals surface area contributed by atoms with Crippen molar-refractivity contribution in [3.8, 4) is 5.75 Å². The second-order valence-corrected chi connectivity index (χ2v) is 3.40. The minimum Gasteiger partial charge on any atom is -0.490 e. The minimum absolute atomic E-state index is 0.00688. The maximum absolute atomic E-state index is 11.6. The van der Waals surface area contributed by atoms with Crippen LogP contribution in [0.2, 0.25) is 0 Å². The molecule has 1 unspecified atom stereocenters. The average Bonchev–Trinajstić information content (AvgIpc) is 2.37. The summed E-state index contributed by atoms with van der Waals surface area (Å²) in [4.78, 5) is 34.1. The van der Waals surface area contributed by atoms with Gasteiger partial charge in [-0.25, -0.2) is 4.79 Å². The predicted octanol–water partition coefficient (Wildman–Crippen LogP) is -0.0603. The quantitative estimate of drug-likeness (QED) is 0.757. The molecule has 0 spiro atoms. The average molecular weight is 255 g/mol. The molecule has 1 aromatic rings. The van der Waals surface area contributed by atoms with Crippen LogP contribution in [-0.2, 0) is 9.53 Å². The van der Waals surface area contributed by atoms with Crippen molar-refractivity contribution in [1.29, 1.82) is 0 Å². The second-order valence-electron chi connectivity index (χ2n) is 3.40. The van der Waals surface area contributed by atoms with Gasteiger partial charge in [0.05, 0.1) is 14.2 Å². The van der Waals surface area contributed by atoms with E-state index >= 15 is 0 Å². The number of carbonyl (C=O) groups excluding carboxylic acids is 2. The van der Waals surface area contributed by atoms with Crippen LogP contribution < -0.4 is 15.5 Å². The Balaban J connectivity index is 2.82. The molecular weight excluding hydrogens is 242 g/mol. The van der Waals surface area contributed by atoms with Crippen LogP contribution in [0.4, 0.5) is 0 Å². The molecule has 1 N–H and O–H groups in total. The number of hydrogen-bond acceptors (Lipinski definition) is 6. The summed E-state index contributed by atoms with van der Waals surface area (Å²) in [6.45, 7) is 1.45. The van der Waals surface area contributed by atoms with E-state index in [1.807, 2.05) is 0 Å². The van der Waals surface area contributed by atoms with Gasteiger partial charge < -0.3 is 19.2 Å². The number of carbonyl (C=O) groups is 2. The first-order chi connectivity index (χ1) is 8.49. The monoisotopic (exact) mass is 255 g/mol. The lowest BCUT2D eigenvalue weighted by Crippen LogP contribution is -2.39. The van der Waals surface area contributed by atoms with Gasteiger partial charge in [0.15, 0.2) is 5.76 Å². The number of methoxy groups -OCH3 is 2. The van der Waals surface area contributed by atoms with Gasteiger partial charge in [0.2, 0.25) is 11.2 Å². The molecule has 0 aliphatic rings. The number of rotatable bonds is 4. The van der Waals surface area contributed by atoms with Gasteiger partial charge in [-0.05, 0) is 6.92 Å². The molecule has 0 saturated heterocycles. The maximum Gasteiger partial charge on any atom is 0.328 e. The fraction of sp³-hybridized carbons (Fsp3) is 0.364. The van der Waals surface area contributed by atoms with Gasteiger partial charge in [-0.2, -0.15) is 0 Å². The van der Waals surface area contributed by atoms with E-state index in [-0.39, 0.29) is 11.5 Å². The van der Waals surface area contributed by atoms with Gasteiger partial charge in [-0.15, -0.1) is 0 Å². The van der Waals surface area contributed by atoms with E-state index in [2.05, 4.69) is 10.1 Å². The van der Waals surface area contributed by atoms with Crippen molar-refractivity contribution >= 4 is 11.9 Å². The van der Waals surface area contributed by atoms with Gasteiger partial charge in [0.25, 0.3) is 5.91 Å². The molecule has 1 heterocycles. The number of ether oxygens (including phenoxy) is 2. The summed E-state index contributed by atoms with van der Waals surface area (Å²) in [5, 5.41) is 2.32. The van der Waals surface area contributed by atoms with Crippen molar-refractivity contribution in [2.45, 2.75) is 13.0 Å². The summed E-state index contributed by atoms with van der Waals surface area (Å²) in [5.74, 6) is -1.50. The highest BCUT2D eigenvalue weighted by molar-refractivity contribution is 5.94. The van der Waals surface area contributed by atoms with E-state index in [9.17, 15) is 14.4 Å². The first-order valence-electron chi connectivity index (χ1n) is 5.05. The van der Waals surface area contributed by atoms with E-state index in [1.165, 1.54) is 21.1 Å². The third kappa shape index (κ3) is 3.09. The first-order valence-corrected chi connectivity index (χ1v) is 5.05. The van der Waals surface area contributed by atoms with E-state index in [0.29, 0.717) is 0 Å². The normalized spacial score (nSPS) is 11.5. The van der Waals surface area contributed by atoms with Crippen LogP contribution in [0.15, 0.2) is 21.5 Å². The molecule has 0 aromatic carbocycles. The molecule has 0 radical (unpaired) electrons. The third-order valence-corrected chi connectivity index (χ3v) is 2.14. The molecule has 1 aromatic heterocycles. The fourth-order valence-electron chi connectivity index (χ4n) is 1.17. The Kier molecular flexibility index (Phi) is 4.47. The summed E-state index contributed by atoms with van der Waals surface area (Å²) < 4.78 is 14.1. The van der Waals surface area contributed by atoms with Crippen molar-refractivity contribution in [3.63, 3.8) is 0 Å². The van der Waals surface area contributed by atoms with E-state index in [1.54, 1.807) is 0 Å². The Hall–Kier alpha value is -2.31. The molecule has 0 aliphatic carbocycles. The van der Waals surface area contributed by atoms with Crippen molar-refractivity contribution in [2.24, 2.45) is 0 Å². The maximum atomic E-state index is 11.6. The zero-order chi connectivity index (χ0) is 13.7. The van der Waals surface area contributed by atoms with Crippen molar-refractivity contribution in [1.82, 2.24) is 5.32 Å². The Morgan fingerprint density at radius 1 is 1.39 bits per heavy atom. The van der Waals surface area contributed by atoms with Crippen LogP contribution in [0.3, 0.4) is 0 Å². The number of esters is 1. The summed E-state index contributed by atoms with van der Waals surface area (Å²) in [5.41, 5.74) is -0.486. The van der Waals surface area contributed by atoms with E-state index < -0.39 is 23.3 Å². The summed E-state index contributed by atoms with van der Waals surface area (Å²) in [6, 6.07) is 0.146. The molecule has 1 rings (SSSR count). The van der Waals surface area contributed by atoms with Crippen molar-refractivity contribution in [3.05, 3.63) is 28.3 Å². The summed E-state index contributed by atoms with van der Waals surface area (Å²) in [6.07, 6.45) is 1.03. The summed E-state index contributed by atoms with van der Waals surface area (Å²) in [7, 11) is 2.52. The lowest BCUT2D eigenvalue weighted by atomic mass is 10.3. The van der Waals surface area contributed by atoms with E-state index in [4.69, 9.17) is 9.15 Å². The molecule has 1 amide bonds. The van der Waals surface area contributed by atoms with Crippen LogP contribution in [0.25, 0.3) is 0 Å². The van der Waals surface area contributed by atoms with Crippen LogP contribution in [0.5, 0.6) is 5.75 Å². The summed E-state index contributed by atoms with van der Waals surface area (Å²) >= 11 is 0. The molecule has 0 saturated carbocycles. The molecule has 1 atom stereocenters. The van der Waals surface area contributed by atoms with Crippen molar-refractivity contribution in [2.75, 3.05) is 14.2 Å². The molecule has 0 aliphatic heterocycles. The second kappa shape index (κ2) is 5.85. The van der Waals surface area contributed by atoms with Crippen molar-refractivity contribution < 1.29 is 23.5 Å². The minimum atomic E-state index is -0.838. The first kappa shape index (κ1) is 13.8. The van der Waals surface area contributed by atoms with Gasteiger partial charge in [0.1, 0.15) is 12.3 Å². The van der Waals surface area contributed by atoms with Gasteiger partial charge in [-0.3, -0.25) is 9.59 Å². The fourth-order valence-corrected chi connectivity index (χ4v) is 1.17. The van der Waals surface area contributed by atoms with Crippen LogP contribution >= 0.6 is 0 Å². The topological polar surface area (TPSA) is 94.8 Å². The predicted molar refractivity (Wildman–Crippen MR) is 60.5 cm³/mol. The smallest absolute Gasteiger partial charge is 0.328 e. The Morgan fingerprint density at radius 2 is 2.06 bits per heavy atom. The van der Waals surface area contributed by atoms with Gasteiger partial charge in [0, 0.05) is 6.07 Å². The molecular formula is C11H13NO6. The highest BCUT2D eigenvalue weighted by Crippen LogP contribution is 2.05. The van der Waals surface area contributed by atoms with Crippen LogP contribution in [0.1, 0.15) is 17.5 Å². The molecule has 7 heteroatoms.